The van der Waals surface area contributed by atoms with Crippen molar-refractivity contribution in [1.82, 2.24) is 24.8 Å². The fourth-order valence-corrected chi connectivity index (χ4v) is 3.72. The third kappa shape index (κ3) is 2.51. The maximum atomic E-state index is 4.77. The highest BCUT2D eigenvalue weighted by molar-refractivity contribution is 7.16. The minimum Gasteiger partial charge on any atom is -0.253 e. The van der Waals surface area contributed by atoms with Gasteiger partial charge < -0.3 is 0 Å². The first-order valence-corrected chi connectivity index (χ1v) is 8.37. The quantitative estimate of drug-likeness (QED) is 0.574. The van der Waals surface area contributed by atoms with E-state index in [1.54, 1.807) is 22.0 Å². The van der Waals surface area contributed by atoms with Crippen molar-refractivity contribution in [1.29, 1.82) is 0 Å². The van der Waals surface area contributed by atoms with E-state index in [4.69, 9.17) is 5.10 Å². The van der Waals surface area contributed by atoms with Crippen molar-refractivity contribution < 1.29 is 0 Å². The number of rotatable bonds is 4. The molecule has 1 aromatic carbocycles. The zero-order valence-electron chi connectivity index (χ0n) is 12.6. The van der Waals surface area contributed by atoms with Gasteiger partial charge in [-0.2, -0.15) is 9.61 Å². The van der Waals surface area contributed by atoms with Gasteiger partial charge in [-0.25, -0.2) is 0 Å². The Balaban J connectivity index is 1.79. The van der Waals surface area contributed by atoms with Gasteiger partial charge in [0.05, 0.1) is 0 Å². The summed E-state index contributed by atoms with van der Waals surface area (Å²) in [5, 5.41) is 14.3. The molecule has 0 fully saturated rings. The Kier molecular flexibility index (Phi) is 3.59. The SMILES string of the molecule is CCC(c1ccccc1)c1nn2c(-c3ccccn3)nnc2s1. The molecular weight excluding hydrogens is 306 g/mol. The second kappa shape index (κ2) is 5.89. The lowest BCUT2D eigenvalue weighted by molar-refractivity contribution is 0.743. The van der Waals surface area contributed by atoms with E-state index >= 15 is 0 Å². The van der Waals surface area contributed by atoms with Gasteiger partial charge in [-0.3, -0.25) is 4.98 Å². The minimum absolute atomic E-state index is 0.277. The van der Waals surface area contributed by atoms with Gasteiger partial charge in [-0.15, -0.1) is 10.2 Å². The Morgan fingerprint density at radius 2 is 1.87 bits per heavy atom. The van der Waals surface area contributed by atoms with Crippen LogP contribution in [0.2, 0.25) is 0 Å². The van der Waals surface area contributed by atoms with E-state index in [1.165, 1.54) is 5.56 Å². The fourth-order valence-electron chi connectivity index (χ4n) is 2.67. The Morgan fingerprint density at radius 3 is 2.61 bits per heavy atom. The second-order valence-electron chi connectivity index (χ2n) is 5.24. The van der Waals surface area contributed by atoms with Crippen LogP contribution in [0.5, 0.6) is 0 Å². The summed E-state index contributed by atoms with van der Waals surface area (Å²) in [7, 11) is 0. The van der Waals surface area contributed by atoms with Crippen LogP contribution in [0.3, 0.4) is 0 Å². The number of fused-ring (bicyclic) bond motifs is 1. The first-order chi connectivity index (χ1) is 11.4. The van der Waals surface area contributed by atoms with Crippen LogP contribution >= 0.6 is 11.3 Å². The van der Waals surface area contributed by atoms with Crippen molar-refractivity contribution >= 4 is 16.3 Å². The molecule has 0 saturated carbocycles. The van der Waals surface area contributed by atoms with Gasteiger partial charge >= 0.3 is 0 Å². The first kappa shape index (κ1) is 14.0. The predicted octanol–water partition coefficient (Wildman–Crippen LogP) is 3.79. The molecule has 0 aliphatic rings. The van der Waals surface area contributed by atoms with Gasteiger partial charge in [-0.05, 0) is 24.1 Å². The fraction of sp³-hybridized carbons (Fsp3) is 0.176. The summed E-state index contributed by atoms with van der Waals surface area (Å²) in [4.78, 5) is 5.15. The number of nitrogens with zero attached hydrogens (tertiary/aromatic N) is 5. The highest BCUT2D eigenvalue weighted by Crippen LogP contribution is 2.31. The van der Waals surface area contributed by atoms with Gasteiger partial charge in [-0.1, -0.05) is 54.7 Å². The Hall–Kier alpha value is -2.60. The molecule has 4 rings (SSSR count). The highest BCUT2D eigenvalue weighted by atomic mass is 32.1. The number of hydrogen-bond donors (Lipinski definition) is 0. The zero-order valence-corrected chi connectivity index (χ0v) is 13.4. The third-order valence-electron chi connectivity index (χ3n) is 3.81. The van der Waals surface area contributed by atoms with Crippen molar-refractivity contribution in [2.45, 2.75) is 19.3 Å². The molecule has 3 heterocycles. The van der Waals surface area contributed by atoms with Gasteiger partial charge in [0.1, 0.15) is 10.7 Å². The minimum atomic E-state index is 0.277. The smallest absolute Gasteiger partial charge is 0.235 e. The van der Waals surface area contributed by atoms with E-state index in [0.29, 0.717) is 5.82 Å². The number of benzene rings is 1. The molecule has 114 valence electrons. The van der Waals surface area contributed by atoms with Gasteiger partial charge in [0.25, 0.3) is 0 Å². The van der Waals surface area contributed by atoms with E-state index in [1.807, 2.05) is 24.3 Å². The molecule has 1 atom stereocenters. The van der Waals surface area contributed by atoms with Crippen LogP contribution < -0.4 is 0 Å². The first-order valence-electron chi connectivity index (χ1n) is 7.55. The van der Waals surface area contributed by atoms with E-state index < -0.39 is 0 Å². The Bertz CT molecular complexity index is 914. The Morgan fingerprint density at radius 1 is 1.04 bits per heavy atom. The summed E-state index contributed by atoms with van der Waals surface area (Å²) < 4.78 is 1.80. The van der Waals surface area contributed by atoms with E-state index in [0.717, 1.165) is 22.1 Å². The third-order valence-corrected chi connectivity index (χ3v) is 4.82. The molecule has 5 nitrogen and oxygen atoms in total. The summed E-state index contributed by atoms with van der Waals surface area (Å²) in [5.74, 6) is 0.963. The molecule has 0 aliphatic carbocycles. The van der Waals surface area contributed by atoms with Crippen molar-refractivity contribution in [3.8, 4) is 11.5 Å². The molecule has 3 aromatic heterocycles. The van der Waals surface area contributed by atoms with Crippen LogP contribution in [0, 0.1) is 0 Å². The molecule has 23 heavy (non-hydrogen) atoms. The summed E-state index contributed by atoms with van der Waals surface area (Å²) in [5.41, 5.74) is 2.06. The molecule has 0 spiro atoms. The largest absolute Gasteiger partial charge is 0.253 e. The molecule has 0 aliphatic heterocycles. The lowest BCUT2D eigenvalue weighted by atomic mass is 9.97. The normalized spacial score (nSPS) is 12.6. The molecule has 0 saturated heterocycles. The predicted molar refractivity (Wildman–Crippen MR) is 90.5 cm³/mol. The highest BCUT2D eigenvalue weighted by Gasteiger charge is 2.20. The van der Waals surface area contributed by atoms with Crippen LogP contribution in [0.25, 0.3) is 16.5 Å². The number of pyridine rings is 1. The summed E-state index contributed by atoms with van der Waals surface area (Å²) >= 11 is 1.59. The standard InChI is InChI=1S/C17H15N5S/c1-2-13(12-8-4-3-5-9-12)16-21-22-15(19-20-17(22)23-16)14-10-6-7-11-18-14/h3-11,13H,2H2,1H3. The molecule has 6 heteroatoms. The number of hydrogen-bond acceptors (Lipinski definition) is 5. The molecule has 0 radical (unpaired) electrons. The molecule has 0 bridgehead atoms. The van der Waals surface area contributed by atoms with Crippen LogP contribution in [0.4, 0.5) is 0 Å². The molecule has 4 aromatic rings. The van der Waals surface area contributed by atoms with Gasteiger partial charge in [0.2, 0.25) is 10.8 Å². The Labute approximate surface area is 137 Å². The summed E-state index contributed by atoms with van der Waals surface area (Å²) in [6.45, 7) is 2.18. The van der Waals surface area contributed by atoms with Crippen molar-refractivity contribution in [3.05, 3.63) is 65.3 Å². The topological polar surface area (TPSA) is 56.0 Å². The van der Waals surface area contributed by atoms with Crippen molar-refractivity contribution in [2.24, 2.45) is 0 Å². The lowest BCUT2D eigenvalue weighted by Crippen LogP contribution is -2.01. The zero-order chi connectivity index (χ0) is 15.6. The molecular formula is C17H15N5S. The van der Waals surface area contributed by atoms with Crippen molar-refractivity contribution in [2.75, 3.05) is 0 Å². The maximum absolute atomic E-state index is 4.77. The monoisotopic (exact) mass is 321 g/mol. The molecule has 0 amide bonds. The van der Waals surface area contributed by atoms with E-state index in [9.17, 15) is 0 Å². The van der Waals surface area contributed by atoms with Crippen LogP contribution in [0.15, 0.2) is 54.7 Å². The molecule has 0 N–H and O–H groups in total. The summed E-state index contributed by atoms with van der Waals surface area (Å²) in [6.07, 6.45) is 2.75. The van der Waals surface area contributed by atoms with Crippen LogP contribution in [-0.2, 0) is 0 Å². The van der Waals surface area contributed by atoms with Crippen molar-refractivity contribution in [3.63, 3.8) is 0 Å². The van der Waals surface area contributed by atoms with Crippen LogP contribution in [0.1, 0.15) is 29.8 Å². The number of aromatic nitrogens is 5. The average molecular weight is 321 g/mol. The van der Waals surface area contributed by atoms with Gasteiger partial charge in [0.15, 0.2) is 0 Å². The average Bonchev–Trinajstić information content (AvgIpc) is 3.18. The molecule has 1 unspecified atom stereocenters. The lowest BCUT2D eigenvalue weighted by Gasteiger charge is -2.11. The van der Waals surface area contributed by atoms with Crippen LogP contribution in [-0.4, -0.2) is 24.8 Å². The van der Waals surface area contributed by atoms with E-state index in [2.05, 4.69) is 46.4 Å². The van der Waals surface area contributed by atoms with E-state index in [-0.39, 0.29) is 5.92 Å². The second-order valence-corrected chi connectivity index (χ2v) is 6.23. The summed E-state index contributed by atoms with van der Waals surface area (Å²) in [6, 6.07) is 16.2. The maximum Gasteiger partial charge on any atom is 0.235 e. The van der Waals surface area contributed by atoms with Gasteiger partial charge in [0, 0.05) is 12.1 Å².